The Hall–Kier alpha value is -1.51. The highest BCUT2D eigenvalue weighted by Gasteiger charge is 2.21. The van der Waals surface area contributed by atoms with Crippen LogP contribution in [0.1, 0.15) is 26.2 Å². The lowest BCUT2D eigenvalue weighted by Crippen LogP contribution is -2.23. The van der Waals surface area contributed by atoms with E-state index in [2.05, 4.69) is 18.3 Å². The first-order valence-electron chi connectivity index (χ1n) is 5.95. The Morgan fingerprint density at radius 3 is 3.00 bits per heavy atom. The first kappa shape index (κ1) is 11.0. The number of nitrogens with zero attached hydrogens (tertiary/aromatic N) is 1. The fourth-order valence-electron chi connectivity index (χ4n) is 1.97. The maximum atomic E-state index is 11.6. The molecule has 0 unspecified atom stereocenters. The maximum absolute atomic E-state index is 11.6. The predicted octanol–water partition coefficient (Wildman–Crippen LogP) is 2.64. The van der Waals surface area contributed by atoms with E-state index in [0.29, 0.717) is 6.42 Å². The Balaban J connectivity index is 2.12. The third-order valence-corrected chi connectivity index (χ3v) is 2.81. The first-order valence-corrected chi connectivity index (χ1v) is 5.95. The van der Waals surface area contributed by atoms with Crippen molar-refractivity contribution in [3.63, 3.8) is 0 Å². The van der Waals surface area contributed by atoms with Gasteiger partial charge in [0.15, 0.2) is 0 Å². The summed E-state index contributed by atoms with van der Waals surface area (Å²) in [6.07, 6.45) is 2.77. The van der Waals surface area contributed by atoms with Crippen LogP contribution in [-0.4, -0.2) is 19.0 Å². The maximum Gasteiger partial charge on any atom is 0.227 e. The van der Waals surface area contributed by atoms with Crippen molar-refractivity contribution >= 4 is 17.3 Å². The molecule has 1 aromatic rings. The molecule has 0 aromatic heterocycles. The minimum Gasteiger partial charge on any atom is -0.385 e. The second-order valence-electron chi connectivity index (χ2n) is 4.13. The van der Waals surface area contributed by atoms with E-state index >= 15 is 0 Å². The number of nitrogens with one attached hydrogen (secondary N) is 1. The molecule has 0 aliphatic carbocycles. The molecule has 1 heterocycles. The van der Waals surface area contributed by atoms with Gasteiger partial charge in [0.1, 0.15) is 0 Å². The minimum atomic E-state index is 0.243. The van der Waals surface area contributed by atoms with Crippen LogP contribution in [0, 0.1) is 0 Å². The van der Waals surface area contributed by atoms with E-state index in [4.69, 9.17) is 0 Å². The molecule has 1 aromatic carbocycles. The van der Waals surface area contributed by atoms with Crippen LogP contribution in [-0.2, 0) is 4.79 Å². The summed E-state index contributed by atoms with van der Waals surface area (Å²) in [5.41, 5.74) is 2.11. The molecular weight excluding hydrogens is 200 g/mol. The van der Waals surface area contributed by atoms with Gasteiger partial charge < -0.3 is 10.2 Å². The molecule has 0 saturated carbocycles. The monoisotopic (exact) mass is 218 g/mol. The summed E-state index contributed by atoms with van der Waals surface area (Å²) < 4.78 is 0. The Labute approximate surface area is 96.5 Å². The Morgan fingerprint density at radius 2 is 2.31 bits per heavy atom. The normalized spacial score (nSPS) is 15.6. The van der Waals surface area contributed by atoms with Crippen molar-refractivity contribution < 1.29 is 4.79 Å². The SMILES string of the molecule is CCCNc1cccc(N2CCCC2=O)c1. The molecule has 2 rings (SSSR count). The molecule has 1 aliphatic rings. The number of anilines is 2. The number of carbonyl (C=O) groups excluding carboxylic acids is 1. The molecule has 0 atom stereocenters. The highest BCUT2D eigenvalue weighted by Crippen LogP contribution is 2.24. The van der Waals surface area contributed by atoms with E-state index in [9.17, 15) is 4.79 Å². The van der Waals surface area contributed by atoms with E-state index in [1.54, 1.807) is 0 Å². The number of hydrogen-bond donors (Lipinski definition) is 1. The van der Waals surface area contributed by atoms with Crippen molar-refractivity contribution in [2.75, 3.05) is 23.3 Å². The summed E-state index contributed by atoms with van der Waals surface area (Å²) in [7, 11) is 0. The van der Waals surface area contributed by atoms with Gasteiger partial charge in [-0.3, -0.25) is 4.79 Å². The minimum absolute atomic E-state index is 0.243. The number of carbonyl (C=O) groups is 1. The topological polar surface area (TPSA) is 32.3 Å². The summed E-state index contributed by atoms with van der Waals surface area (Å²) in [5.74, 6) is 0.243. The van der Waals surface area contributed by atoms with Crippen LogP contribution >= 0.6 is 0 Å². The third-order valence-electron chi connectivity index (χ3n) is 2.81. The van der Waals surface area contributed by atoms with Gasteiger partial charge in [-0.15, -0.1) is 0 Å². The van der Waals surface area contributed by atoms with Crippen molar-refractivity contribution in [2.45, 2.75) is 26.2 Å². The van der Waals surface area contributed by atoms with E-state index in [0.717, 1.165) is 37.3 Å². The molecule has 0 spiro atoms. The molecule has 3 nitrogen and oxygen atoms in total. The predicted molar refractivity (Wildman–Crippen MR) is 66.8 cm³/mol. The third kappa shape index (κ3) is 2.35. The standard InChI is InChI=1S/C13H18N2O/c1-2-8-14-11-5-3-6-12(10-11)15-9-4-7-13(15)16/h3,5-6,10,14H,2,4,7-9H2,1H3. The van der Waals surface area contributed by atoms with E-state index in [1.165, 1.54) is 0 Å². The zero-order valence-electron chi connectivity index (χ0n) is 9.70. The molecule has 1 amide bonds. The zero-order chi connectivity index (χ0) is 11.4. The summed E-state index contributed by atoms with van der Waals surface area (Å²) in [6.45, 7) is 3.97. The largest absolute Gasteiger partial charge is 0.385 e. The van der Waals surface area contributed by atoms with Gasteiger partial charge in [-0.05, 0) is 31.0 Å². The van der Waals surface area contributed by atoms with Gasteiger partial charge in [-0.25, -0.2) is 0 Å². The summed E-state index contributed by atoms with van der Waals surface area (Å²) in [5, 5.41) is 3.34. The Morgan fingerprint density at radius 1 is 1.44 bits per heavy atom. The summed E-state index contributed by atoms with van der Waals surface area (Å²) in [6, 6.07) is 8.10. The lowest BCUT2D eigenvalue weighted by Gasteiger charge is -2.16. The van der Waals surface area contributed by atoms with Gasteiger partial charge in [0.05, 0.1) is 0 Å². The average Bonchev–Trinajstić information content (AvgIpc) is 2.73. The van der Waals surface area contributed by atoms with Gasteiger partial charge in [0.25, 0.3) is 0 Å². The molecule has 1 N–H and O–H groups in total. The molecule has 1 aliphatic heterocycles. The van der Waals surface area contributed by atoms with E-state index in [1.807, 2.05) is 23.1 Å². The number of benzene rings is 1. The smallest absolute Gasteiger partial charge is 0.227 e. The van der Waals surface area contributed by atoms with Crippen LogP contribution in [0.4, 0.5) is 11.4 Å². The lowest BCUT2D eigenvalue weighted by molar-refractivity contribution is -0.117. The molecule has 0 bridgehead atoms. The van der Waals surface area contributed by atoms with E-state index in [-0.39, 0.29) is 5.91 Å². The van der Waals surface area contributed by atoms with Crippen LogP contribution < -0.4 is 10.2 Å². The van der Waals surface area contributed by atoms with Crippen molar-refractivity contribution in [1.29, 1.82) is 0 Å². The van der Waals surface area contributed by atoms with Gasteiger partial charge in [-0.1, -0.05) is 13.0 Å². The van der Waals surface area contributed by atoms with Crippen LogP contribution in [0.25, 0.3) is 0 Å². The van der Waals surface area contributed by atoms with Crippen LogP contribution in [0.5, 0.6) is 0 Å². The van der Waals surface area contributed by atoms with Gasteiger partial charge in [-0.2, -0.15) is 0 Å². The molecule has 0 radical (unpaired) electrons. The molecular formula is C13H18N2O. The second-order valence-corrected chi connectivity index (χ2v) is 4.13. The molecule has 1 fully saturated rings. The van der Waals surface area contributed by atoms with Crippen LogP contribution in [0.3, 0.4) is 0 Å². The zero-order valence-corrected chi connectivity index (χ0v) is 9.70. The van der Waals surface area contributed by atoms with Crippen molar-refractivity contribution in [3.8, 4) is 0 Å². The van der Waals surface area contributed by atoms with E-state index < -0.39 is 0 Å². The summed E-state index contributed by atoms with van der Waals surface area (Å²) >= 11 is 0. The van der Waals surface area contributed by atoms with Crippen molar-refractivity contribution in [1.82, 2.24) is 0 Å². The van der Waals surface area contributed by atoms with Gasteiger partial charge in [0.2, 0.25) is 5.91 Å². The fraction of sp³-hybridized carbons (Fsp3) is 0.462. The molecule has 3 heteroatoms. The first-order chi connectivity index (χ1) is 7.81. The lowest BCUT2D eigenvalue weighted by atomic mass is 10.2. The number of hydrogen-bond acceptors (Lipinski definition) is 2. The van der Waals surface area contributed by atoms with Crippen molar-refractivity contribution in [2.24, 2.45) is 0 Å². The van der Waals surface area contributed by atoms with Gasteiger partial charge >= 0.3 is 0 Å². The second kappa shape index (κ2) is 5.01. The highest BCUT2D eigenvalue weighted by atomic mass is 16.2. The molecule has 16 heavy (non-hydrogen) atoms. The van der Waals surface area contributed by atoms with Crippen LogP contribution in [0.15, 0.2) is 24.3 Å². The summed E-state index contributed by atoms with van der Waals surface area (Å²) in [4.78, 5) is 13.5. The average molecular weight is 218 g/mol. The van der Waals surface area contributed by atoms with Gasteiger partial charge in [0, 0.05) is 30.9 Å². The van der Waals surface area contributed by atoms with Crippen LogP contribution in [0.2, 0.25) is 0 Å². The number of amides is 1. The fourth-order valence-corrected chi connectivity index (χ4v) is 1.97. The molecule has 1 saturated heterocycles. The molecule has 86 valence electrons. The number of rotatable bonds is 4. The Bertz CT molecular complexity index is 376. The quantitative estimate of drug-likeness (QED) is 0.842. The Kier molecular flexibility index (Phi) is 3.44. The van der Waals surface area contributed by atoms with Crippen molar-refractivity contribution in [3.05, 3.63) is 24.3 Å². The highest BCUT2D eigenvalue weighted by molar-refractivity contribution is 5.95.